The minimum absolute atomic E-state index is 0.0843. The maximum absolute atomic E-state index is 12.1. The molecule has 1 aromatic heterocycles. The van der Waals surface area contributed by atoms with E-state index in [2.05, 4.69) is 4.98 Å². The zero-order valence-corrected chi connectivity index (χ0v) is 13.1. The van der Waals surface area contributed by atoms with Crippen molar-refractivity contribution in [1.82, 2.24) is 9.88 Å². The van der Waals surface area contributed by atoms with Crippen LogP contribution in [0.25, 0.3) is 0 Å². The third kappa shape index (κ3) is 4.63. The van der Waals surface area contributed by atoms with E-state index in [4.69, 9.17) is 22.1 Å². The van der Waals surface area contributed by atoms with Gasteiger partial charge in [-0.3, -0.25) is 4.79 Å². The second-order valence-corrected chi connectivity index (χ2v) is 5.29. The molecule has 22 heavy (non-hydrogen) atoms. The van der Waals surface area contributed by atoms with Gasteiger partial charge in [-0.2, -0.15) is 0 Å². The summed E-state index contributed by atoms with van der Waals surface area (Å²) in [6.45, 7) is 1.12. The van der Waals surface area contributed by atoms with Gasteiger partial charge in [0.15, 0.2) is 0 Å². The maximum atomic E-state index is 12.1. The van der Waals surface area contributed by atoms with Crippen molar-refractivity contribution in [3.63, 3.8) is 0 Å². The highest BCUT2D eigenvalue weighted by molar-refractivity contribution is 6.30. The van der Waals surface area contributed by atoms with Crippen LogP contribution in [0.1, 0.15) is 16.8 Å². The minimum Gasteiger partial charge on any atom is -0.494 e. The van der Waals surface area contributed by atoms with Gasteiger partial charge in [-0.25, -0.2) is 4.98 Å². The second kappa shape index (κ2) is 7.66. The fourth-order valence-corrected chi connectivity index (χ4v) is 2.00. The first kappa shape index (κ1) is 16.1. The van der Waals surface area contributed by atoms with Crippen molar-refractivity contribution in [2.24, 2.45) is 0 Å². The van der Waals surface area contributed by atoms with Crippen LogP contribution in [0.5, 0.6) is 5.75 Å². The van der Waals surface area contributed by atoms with Crippen molar-refractivity contribution in [3.05, 3.63) is 53.2 Å². The maximum Gasteiger partial charge on any atom is 0.255 e. The summed E-state index contributed by atoms with van der Waals surface area (Å²) in [5, 5.41) is 0.676. The van der Waals surface area contributed by atoms with Gasteiger partial charge in [-0.1, -0.05) is 11.6 Å². The standard InChI is InChI=1S/C16H18ClN3O2/c1-20(16(21)12-3-8-15(18)19-11-12)9-2-10-22-14-6-4-13(17)5-7-14/h3-8,11H,2,9-10H2,1H3,(H2,18,19). The molecule has 0 spiro atoms. The van der Waals surface area contributed by atoms with E-state index in [1.54, 1.807) is 36.2 Å². The average Bonchev–Trinajstić information content (AvgIpc) is 2.53. The topological polar surface area (TPSA) is 68.5 Å². The predicted octanol–water partition coefficient (Wildman–Crippen LogP) is 2.86. The number of rotatable bonds is 6. The summed E-state index contributed by atoms with van der Waals surface area (Å²) < 4.78 is 5.59. The number of halogens is 1. The highest BCUT2D eigenvalue weighted by atomic mass is 35.5. The zero-order valence-electron chi connectivity index (χ0n) is 12.3. The van der Waals surface area contributed by atoms with Gasteiger partial charge in [0.05, 0.1) is 12.2 Å². The van der Waals surface area contributed by atoms with Crippen molar-refractivity contribution in [2.75, 3.05) is 25.9 Å². The summed E-state index contributed by atoms with van der Waals surface area (Å²) in [6, 6.07) is 10.5. The molecule has 0 saturated carbocycles. The first-order valence-electron chi connectivity index (χ1n) is 6.91. The minimum atomic E-state index is -0.0843. The monoisotopic (exact) mass is 319 g/mol. The normalized spacial score (nSPS) is 10.3. The molecule has 0 atom stereocenters. The van der Waals surface area contributed by atoms with Gasteiger partial charge in [0, 0.05) is 24.8 Å². The van der Waals surface area contributed by atoms with Gasteiger partial charge < -0.3 is 15.4 Å². The molecule has 0 radical (unpaired) electrons. The third-order valence-corrected chi connectivity index (χ3v) is 3.35. The van der Waals surface area contributed by atoms with Gasteiger partial charge in [0.25, 0.3) is 5.91 Å². The van der Waals surface area contributed by atoms with E-state index in [0.29, 0.717) is 29.6 Å². The molecular weight excluding hydrogens is 302 g/mol. The van der Waals surface area contributed by atoms with Crippen LogP contribution in [0.2, 0.25) is 5.02 Å². The van der Waals surface area contributed by atoms with E-state index in [-0.39, 0.29) is 5.91 Å². The molecule has 0 aliphatic heterocycles. The van der Waals surface area contributed by atoms with Crippen molar-refractivity contribution in [2.45, 2.75) is 6.42 Å². The number of anilines is 1. The first-order chi connectivity index (χ1) is 10.6. The van der Waals surface area contributed by atoms with Crippen molar-refractivity contribution < 1.29 is 9.53 Å². The lowest BCUT2D eigenvalue weighted by Crippen LogP contribution is -2.28. The molecule has 0 unspecified atom stereocenters. The Labute approximate surface area is 134 Å². The molecule has 0 fully saturated rings. The largest absolute Gasteiger partial charge is 0.494 e. The second-order valence-electron chi connectivity index (χ2n) is 4.85. The number of amides is 1. The Kier molecular flexibility index (Phi) is 5.61. The Balaban J connectivity index is 1.75. The summed E-state index contributed by atoms with van der Waals surface area (Å²) in [7, 11) is 1.75. The molecule has 0 saturated heterocycles. The van der Waals surface area contributed by atoms with Crippen LogP contribution >= 0.6 is 11.6 Å². The fraction of sp³-hybridized carbons (Fsp3) is 0.250. The van der Waals surface area contributed by atoms with E-state index in [0.717, 1.165) is 12.2 Å². The number of benzene rings is 1. The summed E-state index contributed by atoms with van der Waals surface area (Å²) in [5.74, 6) is 1.08. The smallest absolute Gasteiger partial charge is 0.255 e. The van der Waals surface area contributed by atoms with E-state index in [1.807, 2.05) is 12.1 Å². The average molecular weight is 320 g/mol. The molecular formula is C16H18ClN3O2. The molecule has 0 aliphatic carbocycles. The number of pyridine rings is 1. The lowest BCUT2D eigenvalue weighted by molar-refractivity contribution is 0.0787. The van der Waals surface area contributed by atoms with Gasteiger partial charge in [-0.05, 0) is 42.8 Å². The number of carbonyl (C=O) groups is 1. The Morgan fingerprint density at radius 2 is 2.00 bits per heavy atom. The van der Waals surface area contributed by atoms with Crippen LogP contribution < -0.4 is 10.5 Å². The Hall–Kier alpha value is -2.27. The quantitative estimate of drug-likeness (QED) is 0.831. The summed E-state index contributed by atoms with van der Waals surface area (Å²) >= 11 is 5.80. The molecule has 6 heteroatoms. The summed E-state index contributed by atoms with van der Waals surface area (Å²) in [4.78, 5) is 17.7. The number of nitrogens with zero attached hydrogens (tertiary/aromatic N) is 2. The van der Waals surface area contributed by atoms with Gasteiger partial charge in [-0.15, -0.1) is 0 Å². The number of nitrogen functional groups attached to an aromatic ring is 1. The van der Waals surface area contributed by atoms with E-state index >= 15 is 0 Å². The lowest BCUT2D eigenvalue weighted by atomic mass is 10.2. The van der Waals surface area contributed by atoms with Gasteiger partial charge >= 0.3 is 0 Å². The number of nitrogens with two attached hydrogens (primary N) is 1. The van der Waals surface area contributed by atoms with Gasteiger partial charge in [0.2, 0.25) is 0 Å². The first-order valence-corrected chi connectivity index (χ1v) is 7.29. The predicted molar refractivity (Wildman–Crippen MR) is 87.2 cm³/mol. The van der Waals surface area contributed by atoms with Crippen LogP contribution in [0.4, 0.5) is 5.82 Å². The van der Waals surface area contributed by atoms with Crippen molar-refractivity contribution in [3.8, 4) is 5.75 Å². The van der Waals surface area contributed by atoms with Crippen LogP contribution in [0, 0.1) is 0 Å². The van der Waals surface area contributed by atoms with Crippen LogP contribution in [0.3, 0.4) is 0 Å². The third-order valence-electron chi connectivity index (χ3n) is 3.10. The molecule has 5 nitrogen and oxygen atoms in total. The number of aromatic nitrogens is 1. The highest BCUT2D eigenvalue weighted by Gasteiger charge is 2.11. The molecule has 1 heterocycles. The van der Waals surface area contributed by atoms with E-state index < -0.39 is 0 Å². The Morgan fingerprint density at radius 1 is 1.27 bits per heavy atom. The van der Waals surface area contributed by atoms with E-state index in [9.17, 15) is 4.79 Å². The molecule has 2 N–H and O–H groups in total. The number of ether oxygens (including phenoxy) is 1. The SMILES string of the molecule is CN(CCCOc1ccc(Cl)cc1)C(=O)c1ccc(N)nc1. The van der Waals surface area contributed by atoms with Crippen LogP contribution in [-0.2, 0) is 0 Å². The summed E-state index contributed by atoms with van der Waals surface area (Å²) in [6.07, 6.45) is 2.21. The molecule has 116 valence electrons. The zero-order chi connectivity index (χ0) is 15.9. The number of hydrogen-bond acceptors (Lipinski definition) is 4. The summed E-state index contributed by atoms with van der Waals surface area (Å²) in [5.41, 5.74) is 6.03. The molecule has 2 aromatic rings. The van der Waals surface area contributed by atoms with Crippen molar-refractivity contribution >= 4 is 23.3 Å². The fourth-order valence-electron chi connectivity index (χ4n) is 1.88. The molecule has 1 aromatic carbocycles. The van der Waals surface area contributed by atoms with Crippen LogP contribution in [-0.4, -0.2) is 36.0 Å². The molecule has 0 aliphatic rings. The molecule has 2 rings (SSSR count). The highest BCUT2D eigenvalue weighted by Crippen LogP contribution is 2.15. The Morgan fingerprint density at radius 3 is 2.64 bits per heavy atom. The molecule has 1 amide bonds. The van der Waals surface area contributed by atoms with Crippen molar-refractivity contribution in [1.29, 1.82) is 0 Å². The van der Waals surface area contributed by atoms with E-state index in [1.165, 1.54) is 6.20 Å². The van der Waals surface area contributed by atoms with Crippen LogP contribution in [0.15, 0.2) is 42.6 Å². The Bertz CT molecular complexity index is 614. The number of carbonyl (C=O) groups excluding carboxylic acids is 1. The lowest BCUT2D eigenvalue weighted by Gasteiger charge is -2.17. The van der Waals surface area contributed by atoms with Gasteiger partial charge in [0.1, 0.15) is 11.6 Å². The number of hydrogen-bond donors (Lipinski definition) is 1. The molecule has 0 bridgehead atoms.